The van der Waals surface area contributed by atoms with E-state index in [9.17, 15) is 13.5 Å². The van der Waals surface area contributed by atoms with E-state index in [-0.39, 0.29) is 46.0 Å². The van der Waals surface area contributed by atoms with E-state index in [4.69, 9.17) is 14.0 Å². The number of rotatable bonds is 5. The minimum atomic E-state index is -4.25. The molecule has 0 atom stereocenters. The zero-order valence-corrected chi connectivity index (χ0v) is 16.1. The zero-order valence-electron chi connectivity index (χ0n) is 13.3. The van der Waals surface area contributed by atoms with E-state index < -0.39 is 15.9 Å². The summed E-state index contributed by atoms with van der Waals surface area (Å²) in [6.45, 7) is 0. The molecule has 2 rings (SSSR count). The molecule has 10 heteroatoms. The third kappa shape index (κ3) is 4.92. The van der Waals surface area contributed by atoms with Gasteiger partial charge in [0, 0.05) is 12.1 Å². The number of hydrogen-bond acceptors (Lipinski definition) is 7. The summed E-state index contributed by atoms with van der Waals surface area (Å²) in [6, 6.07) is 7.96. The molecular formula is C14H13N2NaO6S. The molecule has 0 saturated carbocycles. The Kier molecular flexibility index (Phi) is 7.18. The molecule has 2 aromatic carbocycles. The molecule has 0 spiro atoms. The molecular weight excluding hydrogens is 347 g/mol. The van der Waals surface area contributed by atoms with E-state index in [1.165, 1.54) is 50.6 Å². The van der Waals surface area contributed by atoms with E-state index in [0.717, 1.165) is 0 Å². The van der Waals surface area contributed by atoms with Crippen molar-refractivity contribution in [3.05, 3.63) is 36.4 Å². The van der Waals surface area contributed by atoms with Crippen LogP contribution < -0.4 is 44.1 Å². The molecule has 122 valence electrons. The third-order valence-electron chi connectivity index (χ3n) is 2.86. The molecule has 0 bridgehead atoms. The van der Waals surface area contributed by atoms with Gasteiger partial charge in [0.2, 0.25) is 0 Å². The summed E-state index contributed by atoms with van der Waals surface area (Å²) in [7, 11) is -1.54. The van der Waals surface area contributed by atoms with Gasteiger partial charge in [-0.3, -0.25) is 4.55 Å². The Balaban J connectivity index is 0.00000288. The molecule has 0 aromatic heterocycles. The first kappa shape index (κ1) is 20.4. The minimum Gasteiger partial charge on any atom is -0.867 e. The molecule has 0 aliphatic heterocycles. The Morgan fingerprint density at radius 3 is 1.83 bits per heavy atom. The fraction of sp³-hybridized carbons (Fsp3) is 0.143. The SMILES string of the molecule is COc1cc(N=Nc2ccc(S(=O)(=O)O)cc2)cc(OC)c1[O-].[Na+]. The molecule has 0 radical (unpaired) electrons. The van der Waals surface area contributed by atoms with E-state index in [1.54, 1.807) is 0 Å². The smallest absolute Gasteiger partial charge is 0.867 e. The Hall–Kier alpha value is -1.65. The van der Waals surface area contributed by atoms with Gasteiger partial charge in [-0.1, -0.05) is 0 Å². The van der Waals surface area contributed by atoms with Crippen LogP contribution in [0.5, 0.6) is 17.2 Å². The largest absolute Gasteiger partial charge is 1.00 e. The first-order chi connectivity index (χ1) is 10.8. The number of methoxy groups -OCH3 is 2. The van der Waals surface area contributed by atoms with Crippen molar-refractivity contribution in [1.82, 2.24) is 0 Å². The Bertz CT molecular complexity index is 812. The normalized spacial score (nSPS) is 11.1. The Labute approximate surface area is 161 Å². The number of nitrogens with zero attached hydrogens (tertiary/aromatic N) is 2. The van der Waals surface area contributed by atoms with Crippen molar-refractivity contribution in [2.45, 2.75) is 4.90 Å². The summed E-state index contributed by atoms with van der Waals surface area (Å²) < 4.78 is 40.7. The fourth-order valence-corrected chi connectivity index (χ4v) is 2.20. The summed E-state index contributed by atoms with van der Waals surface area (Å²) in [5.41, 5.74) is 0.693. The standard InChI is InChI=1S/C14H14N2O6S.Na/c1-21-12-7-10(8-13(22-2)14(12)17)16-15-9-3-5-11(6-4-9)23(18,19)20;/h3-8,17H,1-2H3,(H,18,19,20);/q;+1/p-1. The maximum Gasteiger partial charge on any atom is 1.00 e. The summed E-state index contributed by atoms with van der Waals surface area (Å²) in [5.74, 6) is -0.258. The van der Waals surface area contributed by atoms with Crippen LogP contribution in [0.1, 0.15) is 0 Å². The summed E-state index contributed by atoms with van der Waals surface area (Å²) >= 11 is 0. The van der Waals surface area contributed by atoms with Crippen molar-refractivity contribution in [3.63, 3.8) is 0 Å². The predicted octanol–water partition coefficient (Wildman–Crippen LogP) is -0.557. The van der Waals surface area contributed by atoms with E-state index in [2.05, 4.69) is 10.2 Å². The molecule has 24 heavy (non-hydrogen) atoms. The second-order valence-electron chi connectivity index (χ2n) is 4.35. The van der Waals surface area contributed by atoms with Gasteiger partial charge in [-0.2, -0.15) is 18.6 Å². The van der Waals surface area contributed by atoms with E-state index >= 15 is 0 Å². The molecule has 0 amide bonds. The summed E-state index contributed by atoms with van der Waals surface area (Å²) in [4.78, 5) is -0.240. The second kappa shape index (κ2) is 8.45. The van der Waals surface area contributed by atoms with Crippen LogP contribution in [-0.4, -0.2) is 27.2 Å². The molecule has 2 aromatic rings. The first-order valence-corrected chi connectivity index (χ1v) is 7.71. The van der Waals surface area contributed by atoms with Crippen molar-refractivity contribution in [2.75, 3.05) is 14.2 Å². The third-order valence-corrected chi connectivity index (χ3v) is 3.73. The molecule has 8 nitrogen and oxygen atoms in total. The number of benzene rings is 2. The number of ether oxygens (including phenoxy) is 2. The van der Waals surface area contributed by atoms with Gasteiger partial charge in [0.05, 0.1) is 30.5 Å². The minimum absolute atomic E-state index is 0. The fourth-order valence-electron chi connectivity index (χ4n) is 1.72. The van der Waals surface area contributed by atoms with Crippen LogP contribution in [0.25, 0.3) is 0 Å². The molecule has 0 aliphatic carbocycles. The number of hydrogen-bond donors (Lipinski definition) is 1. The maximum atomic E-state index is 11.8. The van der Waals surface area contributed by atoms with E-state index in [0.29, 0.717) is 11.4 Å². The molecule has 0 saturated heterocycles. The van der Waals surface area contributed by atoms with Gasteiger partial charge in [0.25, 0.3) is 10.1 Å². The van der Waals surface area contributed by atoms with Crippen LogP contribution in [0.15, 0.2) is 51.5 Å². The van der Waals surface area contributed by atoms with Crippen molar-refractivity contribution < 1.29 is 57.1 Å². The number of azo groups is 1. The average Bonchev–Trinajstić information content (AvgIpc) is 2.53. The van der Waals surface area contributed by atoms with Gasteiger partial charge in [-0.15, -0.1) is 0 Å². The molecule has 0 unspecified atom stereocenters. The van der Waals surface area contributed by atoms with Crippen LogP contribution in [0.3, 0.4) is 0 Å². The average molecular weight is 360 g/mol. The predicted molar refractivity (Wildman–Crippen MR) is 79.4 cm³/mol. The van der Waals surface area contributed by atoms with E-state index in [1.807, 2.05) is 0 Å². The summed E-state index contributed by atoms with van der Waals surface area (Å²) in [6.07, 6.45) is 0. The van der Waals surface area contributed by atoms with Gasteiger partial charge in [-0.25, -0.2) is 0 Å². The van der Waals surface area contributed by atoms with Crippen LogP contribution in [0, 0.1) is 0 Å². The molecule has 0 fully saturated rings. The van der Waals surface area contributed by atoms with Crippen molar-refractivity contribution in [1.29, 1.82) is 0 Å². The van der Waals surface area contributed by atoms with Gasteiger partial charge < -0.3 is 14.6 Å². The van der Waals surface area contributed by atoms with Gasteiger partial charge in [-0.05, 0) is 30.0 Å². The molecule has 0 heterocycles. The molecule has 1 N–H and O–H groups in total. The quantitative estimate of drug-likeness (QED) is 0.434. The van der Waals surface area contributed by atoms with Crippen LogP contribution >= 0.6 is 0 Å². The molecule has 0 aliphatic rings. The van der Waals surface area contributed by atoms with Crippen molar-refractivity contribution >= 4 is 21.5 Å². The Morgan fingerprint density at radius 2 is 1.42 bits per heavy atom. The maximum absolute atomic E-state index is 11.8. The van der Waals surface area contributed by atoms with Crippen LogP contribution in [0.2, 0.25) is 0 Å². The van der Waals surface area contributed by atoms with Gasteiger partial charge >= 0.3 is 29.6 Å². The second-order valence-corrected chi connectivity index (χ2v) is 5.77. The van der Waals surface area contributed by atoms with Crippen LogP contribution in [0.4, 0.5) is 11.4 Å². The monoisotopic (exact) mass is 360 g/mol. The first-order valence-electron chi connectivity index (χ1n) is 6.27. The van der Waals surface area contributed by atoms with Crippen molar-refractivity contribution in [2.24, 2.45) is 10.2 Å². The van der Waals surface area contributed by atoms with Gasteiger partial charge in [0.1, 0.15) is 11.5 Å². The van der Waals surface area contributed by atoms with Crippen LogP contribution in [-0.2, 0) is 10.1 Å². The van der Waals surface area contributed by atoms with Crippen molar-refractivity contribution in [3.8, 4) is 17.2 Å². The topological polar surface area (TPSA) is 121 Å². The van der Waals surface area contributed by atoms with Gasteiger partial charge in [0.15, 0.2) is 0 Å². The zero-order chi connectivity index (χ0) is 17.0. The Morgan fingerprint density at radius 1 is 0.958 bits per heavy atom. The summed E-state index contributed by atoms with van der Waals surface area (Å²) in [5, 5.41) is 19.6.